The maximum absolute atomic E-state index is 10.3. The molecule has 0 aliphatic rings. The topological polar surface area (TPSA) is 17.1 Å². The molecule has 1 rings (SSSR count). The van der Waals surface area contributed by atoms with Crippen LogP contribution in [0.4, 0.5) is 0 Å². The molecule has 0 aliphatic heterocycles. The van der Waals surface area contributed by atoms with Crippen molar-refractivity contribution in [2.75, 3.05) is 0 Å². The zero-order valence-corrected chi connectivity index (χ0v) is 9.23. The second-order valence-corrected chi connectivity index (χ2v) is 3.90. The third kappa shape index (κ3) is 5.16. The summed E-state index contributed by atoms with van der Waals surface area (Å²) in [5.74, 6) is 0.503. The molecule has 0 fully saturated rings. The van der Waals surface area contributed by atoms with Gasteiger partial charge in [-0.25, -0.2) is 0 Å². The van der Waals surface area contributed by atoms with Gasteiger partial charge in [0.1, 0.15) is 6.29 Å². The maximum Gasteiger partial charge on any atom is 0.120 e. The molecule has 0 amide bonds. The van der Waals surface area contributed by atoms with Crippen LogP contribution in [0, 0.1) is 5.92 Å². The smallest absolute Gasteiger partial charge is 0.120 e. The fourth-order valence-electron chi connectivity index (χ4n) is 1.45. The first-order valence-corrected chi connectivity index (χ1v) is 5.48. The average molecular weight is 202 g/mol. The molecule has 0 aromatic heterocycles. The SMILES string of the molecule is CC(CC=O)CC/C=C/c1ccccc1. The monoisotopic (exact) mass is 202 g/mol. The highest BCUT2D eigenvalue weighted by Gasteiger charge is 1.98. The van der Waals surface area contributed by atoms with Gasteiger partial charge in [-0.15, -0.1) is 0 Å². The number of hydrogen-bond acceptors (Lipinski definition) is 1. The summed E-state index contributed by atoms with van der Waals surface area (Å²) in [5, 5.41) is 0. The third-order valence-corrected chi connectivity index (χ3v) is 2.43. The molecule has 0 N–H and O–H groups in total. The first-order valence-electron chi connectivity index (χ1n) is 5.48. The van der Waals surface area contributed by atoms with Crippen molar-refractivity contribution in [3.05, 3.63) is 42.0 Å². The van der Waals surface area contributed by atoms with Gasteiger partial charge in [0.2, 0.25) is 0 Å². The first-order chi connectivity index (χ1) is 7.33. The van der Waals surface area contributed by atoms with Gasteiger partial charge in [0.15, 0.2) is 0 Å². The Morgan fingerprint density at radius 1 is 1.27 bits per heavy atom. The zero-order chi connectivity index (χ0) is 10.9. The van der Waals surface area contributed by atoms with E-state index < -0.39 is 0 Å². The summed E-state index contributed by atoms with van der Waals surface area (Å²) in [6, 6.07) is 10.3. The minimum atomic E-state index is 0.503. The van der Waals surface area contributed by atoms with Gasteiger partial charge in [-0.3, -0.25) is 0 Å². The molecule has 15 heavy (non-hydrogen) atoms. The highest BCUT2D eigenvalue weighted by molar-refractivity contribution is 5.50. The van der Waals surface area contributed by atoms with Crippen LogP contribution < -0.4 is 0 Å². The first kappa shape index (κ1) is 11.7. The summed E-state index contributed by atoms with van der Waals surface area (Å²) in [6.45, 7) is 2.12. The Kier molecular flexibility index (Phi) is 5.46. The van der Waals surface area contributed by atoms with Crippen molar-refractivity contribution in [1.82, 2.24) is 0 Å². The highest BCUT2D eigenvalue weighted by atomic mass is 16.1. The van der Waals surface area contributed by atoms with Gasteiger partial charge < -0.3 is 4.79 Å². The van der Waals surface area contributed by atoms with Crippen LogP contribution in [0.15, 0.2) is 36.4 Å². The lowest BCUT2D eigenvalue weighted by molar-refractivity contribution is -0.108. The molecular formula is C14H18O. The van der Waals surface area contributed by atoms with Crippen molar-refractivity contribution in [1.29, 1.82) is 0 Å². The van der Waals surface area contributed by atoms with E-state index in [1.807, 2.05) is 18.2 Å². The summed E-state index contributed by atoms with van der Waals surface area (Å²) in [6.07, 6.45) is 8.13. The second kappa shape index (κ2) is 6.99. The molecule has 0 saturated heterocycles. The number of carbonyl (C=O) groups excluding carboxylic acids is 1. The zero-order valence-electron chi connectivity index (χ0n) is 9.23. The van der Waals surface area contributed by atoms with Crippen molar-refractivity contribution >= 4 is 12.4 Å². The number of allylic oxidation sites excluding steroid dienone is 1. The predicted octanol–water partition coefficient (Wildman–Crippen LogP) is 3.71. The van der Waals surface area contributed by atoms with E-state index in [-0.39, 0.29) is 0 Å². The summed E-state index contributed by atoms with van der Waals surface area (Å²) >= 11 is 0. The molecule has 1 atom stereocenters. The van der Waals surface area contributed by atoms with Crippen molar-refractivity contribution in [2.24, 2.45) is 5.92 Å². The van der Waals surface area contributed by atoms with Gasteiger partial charge in [-0.1, -0.05) is 49.4 Å². The molecule has 80 valence electrons. The van der Waals surface area contributed by atoms with Crippen LogP contribution >= 0.6 is 0 Å². The molecule has 1 nitrogen and oxygen atoms in total. The standard InChI is InChI=1S/C14H18O/c1-13(11-12-15)7-5-6-10-14-8-3-2-4-9-14/h2-4,6,8-10,12-13H,5,7,11H2,1H3/b10-6+. The van der Waals surface area contributed by atoms with Crippen LogP contribution in [0.25, 0.3) is 6.08 Å². The normalized spacial score (nSPS) is 12.9. The summed E-state index contributed by atoms with van der Waals surface area (Å²) in [4.78, 5) is 10.3. The van der Waals surface area contributed by atoms with E-state index in [2.05, 4.69) is 31.2 Å². The molecule has 1 unspecified atom stereocenters. The minimum absolute atomic E-state index is 0.503. The number of benzene rings is 1. The quantitative estimate of drug-likeness (QED) is 0.643. The molecule has 0 bridgehead atoms. The van der Waals surface area contributed by atoms with Crippen molar-refractivity contribution in [3.8, 4) is 0 Å². The molecule has 0 saturated carbocycles. The number of aldehydes is 1. The van der Waals surface area contributed by atoms with Crippen LogP contribution in [0.5, 0.6) is 0 Å². The lowest BCUT2D eigenvalue weighted by atomic mass is 10.0. The van der Waals surface area contributed by atoms with Gasteiger partial charge in [-0.05, 0) is 24.3 Å². The van der Waals surface area contributed by atoms with E-state index in [0.29, 0.717) is 12.3 Å². The third-order valence-electron chi connectivity index (χ3n) is 2.43. The van der Waals surface area contributed by atoms with E-state index in [9.17, 15) is 4.79 Å². The van der Waals surface area contributed by atoms with Crippen LogP contribution in [0.3, 0.4) is 0 Å². The van der Waals surface area contributed by atoms with E-state index in [1.54, 1.807) is 0 Å². The molecular weight excluding hydrogens is 184 g/mol. The molecule has 0 heterocycles. The van der Waals surface area contributed by atoms with Crippen LogP contribution in [0.1, 0.15) is 31.7 Å². The second-order valence-electron chi connectivity index (χ2n) is 3.90. The average Bonchev–Trinajstić information content (AvgIpc) is 2.26. The van der Waals surface area contributed by atoms with Crippen LogP contribution in [-0.4, -0.2) is 6.29 Å². The molecule has 0 aliphatic carbocycles. The molecule has 1 aromatic rings. The number of hydrogen-bond donors (Lipinski definition) is 0. The van der Waals surface area contributed by atoms with Gasteiger partial charge in [0.05, 0.1) is 0 Å². The molecule has 1 heteroatoms. The summed E-state index contributed by atoms with van der Waals surface area (Å²) < 4.78 is 0. The predicted molar refractivity (Wildman–Crippen MR) is 64.6 cm³/mol. The van der Waals surface area contributed by atoms with Crippen LogP contribution in [-0.2, 0) is 4.79 Å². The van der Waals surface area contributed by atoms with Gasteiger partial charge in [-0.2, -0.15) is 0 Å². The largest absolute Gasteiger partial charge is 0.303 e. The number of carbonyl (C=O) groups is 1. The Morgan fingerprint density at radius 2 is 2.00 bits per heavy atom. The highest BCUT2D eigenvalue weighted by Crippen LogP contribution is 2.10. The Labute approximate surface area is 91.8 Å². The fourth-order valence-corrected chi connectivity index (χ4v) is 1.45. The Bertz CT molecular complexity index is 300. The van der Waals surface area contributed by atoms with Gasteiger partial charge >= 0.3 is 0 Å². The molecule has 1 aromatic carbocycles. The van der Waals surface area contributed by atoms with Crippen LogP contribution in [0.2, 0.25) is 0 Å². The maximum atomic E-state index is 10.3. The van der Waals surface area contributed by atoms with E-state index in [0.717, 1.165) is 19.1 Å². The minimum Gasteiger partial charge on any atom is -0.303 e. The summed E-state index contributed by atoms with van der Waals surface area (Å²) in [7, 11) is 0. The Balaban J connectivity index is 2.25. The van der Waals surface area contributed by atoms with Crippen molar-refractivity contribution in [3.63, 3.8) is 0 Å². The van der Waals surface area contributed by atoms with Gasteiger partial charge in [0, 0.05) is 6.42 Å². The lowest BCUT2D eigenvalue weighted by Gasteiger charge is -2.03. The Hall–Kier alpha value is -1.37. The fraction of sp³-hybridized carbons (Fsp3) is 0.357. The number of rotatable bonds is 6. The molecule has 0 spiro atoms. The van der Waals surface area contributed by atoms with Crippen molar-refractivity contribution < 1.29 is 4.79 Å². The van der Waals surface area contributed by atoms with Gasteiger partial charge in [0.25, 0.3) is 0 Å². The van der Waals surface area contributed by atoms with E-state index >= 15 is 0 Å². The lowest BCUT2D eigenvalue weighted by Crippen LogP contribution is -1.93. The summed E-state index contributed by atoms with van der Waals surface area (Å²) in [5.41, 5.74) is 1.24. The molecule has 0 radical (unpaired) electrons. The van der Waals surface area contributed by atoms with Crippen molar-refractivity contribution in [2.45, 2.75) is 26.2 Å². The van der Waals surface area contributed by atoms with E-state index in [1.165, 1.54) is 5.56 Å². The van der Waals surface area contributed by atoms with E-state index in [4.69, 9.17) is 0 Å². The Morgan fingerprint density at radius 3 is 2.67 bits per heavy atom.